The van der Waals surface area contributed by atoms with Gasteiger partial charge in [0.2, 0.25) is 0 Å². The molecule has 0 saturated heterocycles. The van der Waals surface area contributed by atoms with Gasteiger partial charge in [0, 0.05) is 12.1 Å². The Morgan fingerprint density at radius 3 is 2.95 bits per heavy atom. The van der Waals surface area contributed by atoms with E-state index in [0.29, 0.717) is 18.7 Å². The quantitative estimate of drug-likeness (QED) is 0.780. The number of benzene rings is 1. The first-order valence-electron chi connectivity index (χ1n) is 7.08. The number of urea groups is 1. The van der Waals surface area contributed by atoms with Crippen LogP contribution in [0.5, 0.6) is 5.75 Å². The molecule has 0 bridgehead atoms. The van der Waals surface area contributed by atoms with E-state index in [0.717, 1.165) is 17.5 Å². The number of carbonyl (C=O) groups is 2. The minimum atomic E-state index is -0.795. The smallest absolute Gasteiger partial charge is 0.321 e. The van der Waals surface area contributed by atoms with Crippen LogP contribution in [0, 0.1) is 0 Å². The van der Waals surface area contributed by atoms with Crippen molar-refractivity contribution in [2.24, 2.45) is 0 Å². The second-order valence-electron chi connectivity index (χ2n) is 4.99. The summed E-state index contributed by atoms with van der Waals surface area (Å²) in [5, 5.41) is 14.5. The van der Waals surface area contributed by atoms with E-state index in [9.17, 15) is 14.7 Å². The average Bonchev–Trinajstić information content (AvgIpc) is 2.82. The topological polar surface area (TPSA) is 87.7 Å². The number of amides is 3. The van der Waals surface area contributed by atoms with Crippen molar-refractivity contribution in [1.82, 2.24) is 10.6 Å². The maximum atomic E-state index is 11.9. The summed E-state index contributed by atoms with van der Waals surface area (Å²) in [5.41, 5.74) is 1.78. The number of hydrogen-bond donors (Lipinski definition) is 3. The molecule has 1 aromatic rings. The Morgan fingerprint density at radius 1 is 1.48 bits per heavy atom. The summed E-state index contributed by atoms with van der Waals surface area (Å²) >= 11 is 0. The zero-order valence-electron chi connectivity index (χ0n) is 12.2. The Bertz CT molecular complexity index is 544. The normalized spacial score (nSPS) is 17.8. The summed E-state index contributed by atoms with van der Waals surface area (Å²) in [4.78, 5) is 23.2. The molecule has 0 aromatic heterocycles. The molecule has 114 valence electrons. The van der Waals surface area contributed by atoms with Gasteiger partial charge >= 0.3 is 6.03 Å². The van der Waals surface area contributed by atoms with Gasteiger partial charge in [-0.3, -0.25) is 10.1 Å². The third-order valence-corrected chi connectivity index (χ3v) is 3.44. The molecule has 0 spiro atoms. The molecule has 2 unspecified atom stereocenters. The van der Waals surface area contributed by atoms with Crippen molar-refractivity contribution in [2.75, 3.05) is 6.54 Å². The van der Waals surface area contributed by atoms with Crippen LogP contribution in [-0.2, 0) is 11.2 Å². The highest BCUT2D eigenvalue weighted by atomic mass is 16.5. The van der Waals surface area contributed by atoms with Crippen molar-refractivity contribution in [1.29, 1.82) is 0 Å². The van der Waals surface area contributed by atoms with Crippen LogP contribution in [0.3, 0.4) is 0 Å². The Balaban J connectivity index is 2.02. The summed E-state index contributed by atoms with van der Waals surface area (Å²) in [6, 6.07) is 4.88. The maximum Gasteiger partial charge on any atom is 0.321 e. The predicted molar refractivity (Wildman–Crippen MR) is 77.0 cm³/mol. The van der Waals surface area contributed by atoms with E-state index in [1.807, 2.05) is 6.07 Å². The molecule has 2 rings (SSSR count). The molecule has 21 heavy (non-hydrogen) atoms. The molecule has 0 radical (unpaired) electrons. The van der Waals surface area contributed by atoms with Crippen LogP contribution < -0.4 is 15.4 Å². The maximum absolute atomic E-state index is 11.9. The van der Waals surface area contributed by atoms with E-state index in [-0.39, 0.29) is 0 Å². The minimum absolute atomic E-state index is 0.443. The van der Waals surface area contributed by atoms with Crippen LogP contribution in [-0.4, -0.2) is 29.7 Å². The van der Waals surface area contributed by atoms with Gasteiger partial charge in [-0.25, -0.2) is 4.79 Å². The van der Waals surface area contributed by atoms with Crippen molar-refractivity contribution >= 4 is 11.9 Å². The fourth-order valence-corrected chi connectivity index (χ4v) is 2.37. The van der Waals surface area contributed by atoms with Crippen LogP contribution in [0.15, 0.2) is 18.2 Å². The summed E-state index contributed by atoms with van der Waals surface area (Å²) in [5.74, 6) is 0.0831. The lowest BCUT2D eigenvalue weighted by molar-refractivity contribution is -0.126. The first-order valence-corrected chi connectivity index (χ1v) is 7.08. The standard InChI is InChI=1S/C15H20N2O4/c1-3-16-15(20)17-14(19)9(2)21-13-6-4-5-10-11(13)7-8-12(10)18/h4-6,9,12,18H,3,7-8H2,1-2H3,(H2,16,17,19,20). The van der Waals surface area contributed by atoms with Crippen molar-refractivity contribution < 1.29 is 19.4 Å². The number of ether oxygens (including phenoxy) is 1. The summed E-state index contributed by atoms with van der Waals surface area (Å²) < 4.78 is 5.64. The van der Waals surface area contributed by atoms with Gasteiger partial charge in [-0.1, -0.05) is 12.1 Å². The molecule has 1 aromatic carbocycles. The second kappa shape index (κ2) is 6.58. The first kappa shape index (κ1) is 15.3. The number of imide groups is 1. The lowest BCUT2D eigenvalue weighted by Crippen LogP contribution is -2.45. The van der Waals surface area contributed by atoms with Gasteiger partial charge in [-0.05, 0) is 38.3 Å². The van der Waals surface area contributed by atoms with Crippen LogP contribution >= 0.6 is 0 Å². The third kappa shape index (κ3) is 3.52. The Labute approximate surface area is 123 Å². The van der Waals surface area contributed by atoms with E-state index in [2.05, 4.69) is 10.6 Å². The Hall–Kier alpha value is -2.08. The van der Waals surface area contributed by atoms with Gasteiger partial charge in [0.1, 0.15) is 5.75 Å². The Morgan fingerprint density at radius 2 is 2.24 bits per heavy atom. The molecule has 1 aliphatic rings. The number of aliphatic hydroxyl groups is 1. The lowest BCUT2D eigenvalue weighted by Gasteiger charge is -2.17. The van der Waals surface area contributed by atoms with Crippen LogP contribution in [0.1, 0.15) is 37.5 Å². The van der Waals surface area contributed by atoms with E-state index in [1.54, 1.807) is 26.0 Å². The van der Waals surface area contributed by atoms with Crippen LogP contribution in [0.2, 0.25) is 0 Å². The molecular formula is C15H20N2O4. The molecule has 3 amide bonds. The van der Waals surface area contributed by atoms with Crippen molar-refractivity contribution in [3.63, 3.8) is 0 Å². The van der Waals surface area contributed by atoms with E-state index >= 15 is 0 Å². The predicted octanol–water partition coefficient (Wildman–Crippen LogP) is 1.28. The number of carbonyl (C=O) groups excluding carboxylic acids is 2. The van der Waals surface area contributed by atoms with Crippen LogP contribution in [0.25, 0.3) is 0 Å². The van der Waals surface area contributed by atoms with Crippen molar-refractivity contribution in [2.45, 2.75) is 38.9 Å². The lowest BCUT2D eigenvalue weighted by atomic mass is 10.1. The number of aliphatic hydroxyl groups excluding tert-OH is 1. The molecular weight excluding hydrogens is 272 g/mol. The fourth-order valence-electron chi connectivity index (χ4n) is 2.37. The Kier molecular flexibility index (Phi) is 4.80. The van der Waals surface area contributed by atoms with Gasteiger partial charge in [-0.15, -0.1) is 0 Å². The largest absolute Gasteiger partial charge is 0.481 e. The molecule has 3 N–H and O–H groups in total. The molecule has 6 nitrogen and oxygen atoms in total. The molecule has 0 aliphatic heterocycles. The average molecular weight is 292 g/mol. The molecule has 2 atom stereocenters. The molecule has 0 fully saturated rings. The summed E-state index contributed by atoms with van der Waals surface area (Å²) in [6.07, 6.45) is 0.117. The van der Waals surface area contributed by atoms with E-state index in [4.69, 9.17) is 4.74 Å². The van der Waals surface area contributed by atoms with E-state index in [1.165, 1.54) is 0 Å². The highest BCUT2D eigenvalue weighted by molar-refractivity contribution is 5.96. The second-order valence-corrected chi connectivity index (χ2v) is 4.99. The van der Waals surface area contributed by atoms with Gasteiger partial charge in [0.15, 0.2) is 6.10 Å². The summed E-state index contributed by atoms with van der Waals surface area (Å²) in [6.45, 7) is 3.79. The fraction of sp³-hybridized carbons (Fsp3) is 0.467. The number of hydrogen-bond acceptors (Lipinski definition) is 4. The summed E-state index contributed by atoms with van der Waals surface area (Å²) in [7, 11) is 0. The zero-order valence-corrected chi connectivity index (χ0v) is 12.2. The number of fused-ring (bicyclic) bond motifs is 1. The molecule has 0 saturated carbocycles. The van der Waals surface area contributed by atoms with Gasteiger partial charge in [-0.2, -0.15) is 0 Å². The SMILES string of the molecule is CCNC(=O)NC(=O)C(C)Oc1cccc2c1CCC2O. The van der Waals surface area contributed by atoms with Gasteiger partial charge in [0.05, 0.1) is 6.10 Å². The molecule has 6 heteroatoms. The van der Waals surface area contributed by atoms with Gasteiger partial charge in [0.25, 0.3) is 5.91 Å². The minimum Gasteiger partial charge on any atom is -0.481 e. The third-order valence-electron chi connectivity index (χ3n) is 3.44. The van der Waals surface area contributed by atoms with Crippen molar-refractivity contribution in [3.05, 3.63) is 29.3 Å². The monoisotopic (exact) mass is 292 g/mol. The van der Waals surface area contributed by atoms with E-state index < -0.39 is 24.1 Å². The van der Waals surface area contributed by atoms with Crippen molar-refractivity contribution in [3.8, 4) is 5.75 Å². The highest BCUT2D eigenvalue weighted by Gasteiger charge is 2.25. The first-order chi connectivity index (χ1) is 10.0. The molecule has 0 heterocycles. The van der Waals surface area contributed by atoms with Crippen LogP contribution in [0.4, 0.5) is 4.79 Å². The van der Waals surface area contributed by atoms with Gasteiger partial charge < -0.3 is 15.2 Å². The molecule has 1 aliphatic carbocycles. The number of rotatable bonds is 4. The highest BCUT2D eigenvalue weighted by Crippen LogP contribution is 2.36. The zero-order chi connectivity index (χ0) is 15.4. The number of nitrogens with one attached hydrogen (secondary N) is 2.